The molecule has 3 heteroatoms. The topological polar surface area (TPSA) is 23.8 Å². The molecule has 0 fully saturated rings. The smallest absolute Gasteiger partial charge is 0 e. The Kier molecular flexibility index (Phi) is 99.1. The van der Waals surface area contributed by atoms with Crippen molar-refractivity contribution in [3.05, 3.63) is 5.73 Å². The van der Waals surface area contributed by atoms with Crippen LogP contribution < -0.4 is 0 Å². The Morgan fingerprint density at radius 1 is 1.25 bits per heavy atom. The maximum absolute atomic E-state index is 5.75. The van der Waals surface area contributed by atoms with Gasteiger partial charge in [0.15, 0.2) is 0 Å². The zero-order chi connectivity index (χ0) is 2.00. The van der Waals surface area contributed by atoms with E-state index in [-0.39, 0.29) is 50.3 Å². The van der Waals surface area contributed by atoms with Crippen molar-refractivity contribution in [2.24, 2.45) is 0 Å². The third kappa shape index (κ3) is 9.42. The minimum Gasteiger partial charge on any atom is 0 e. The van der Waals surface area contributed by atoms with Crippen molar-refractivity contribution in [2.75, 3.05) is 7.05 Å². The molecule has 2 radical (unpaired) electrons. The van der Waals surface area contributed by atoms with Crippen LogP contribution in [-0.4, -0.2) is 31.5 Å². The van der Waals surface area contributed by atoms with Gasteiger partial charge in [0.2, 0.25) is 0 Å². The zero-order valence-electron chi connectivity index (χ0n) is 2.65. The molecule has 0 unspecified atom stereocenters. The second-order valence-corrected chi connectivity index (χ2v) is 0. The van der Waals surface area contributed by atoms with E-state index in [2.05, 4.69) is 0 Å². The molecule has 0 aromatic rings. The van der Waals surface area contributed by atoms with E-state index < -0.39 is 0 Å². The van der Waals surface area contributed by atoms with Crippen LogP contribution in [0.1, 0.15) is 0 Å². The van der Waals surface area contributed by atoms with Crippen LogP contribution in [-0.2, 0) is 25.8 Å². The minimum atomic E-state index is 0. The summed E-state index contributed by atoms with van der Waals surface area (Å²) in [6, 6.07) is 0. The summed E-state index contributed by atoms with van der Waals surface area (Å²) < 4.78 is 0. The van der Waals surface area contributed by atoms with Crippen molar-refractivity contribution in [3.63, 3.8) is 0 Å². The quantitative estimate of drug-likeness (QED) is 0.480. The molecule has 0 bridgehead atoms. The fraction of sp³-hybridized carbons (Fsp3) is 1.00. The fourth-order valence-electron chi connectivity index (χ4n) is 0. The van der Waals surface area contributed by atoms with Crippen LogP contribution in [0.15, 0.2) is 0 Å². The molecule has 0 saturated carbocycles. The van der Waals surface area contributed by atoms with Crippen molar-refractivity contribution < 1.29 is 25.8 Å². The molecule has 0 rings (SSSR count). The van der Waals surface area contributed by atoms with Gasteiger partial charge < -0.3 is 5.73 Å². The Balaban J connectivity index is -0.00000000500. The summed E-state index contributed by atoms with van der Waals surface area (Å²) in [5, 5.41) is 0. The molecule has 0 aromatic carbocycles. The van der Waals surface area contributed by atoms with Gasteiger partial charge in [-0.05, 0) is 0 Å². The summed E-state index contributed by atoms with van der Waals surface area (Å²) in [7, 11) is 1.25. The molecule has 0 amide bonds. The first-order chi connectivity index (χ1) is 1.00. The first-order valence-corrected chi connectivity index (χ1v) is 0.500. The van der Waals surface area contributed by atoms with Gasteiger partial charge in [-0.15, -0.1) is 0 Å². The third-order valence-electron chi connectivity index (χ3n) is 0. The van der Waals surface area contributed by atoms with Crippen LogP contribution in [0.4, 0.5) is 0 Å². The Morgan fingerprint density at radius 2 is 1.25 bits per heavy atom. The van der Waals surface area contributed by atoms with E-state index in [0.717, 1.165) is 0 Å². The maximum atomic E-state index is 5.75. The number of hydrogen-bond donors (Lipinski definition) is 0. The molecule has 0 aliphatic heterocycles. The SMILES string of the molecule is C[NH-].[SbH2].[Sc]. The maximum Gasteiger partial charge on any atom is 0 e. The van der Waals surface area contributed by atoms with Gasteiger partial charge in [0.1, 0.15) is 0 Å². The molecule has 24 valence electrons. The van der Waals surface area contributed by atoms with Gasteiger partial charge >= 0.3 is 24.4 Å². The van der Waals surface area contributed by atoms with Gasteiger partial charge in [0, 0.05) is 25.8 Å². The summed E-state index contributed by atoms with van der Waals surface area (Å²) in [5.41, 5.74) is 5.75. The van der Waals surface area contributed by atoms with Crippen LogP contribution in [0.2, 0.25) is 0 Å². The molecule has 0 heterocycles. The van der Waals surface area contributed by atoms with Crippen molar-refractivity contribution >= 4 is 24.4 Å². The summed E-state index contributed by atoms with van der Waals surface area (Å²) in [4.78, 5) is 0. The van der Waals surface area contributed by atoms with Crippen LogP contribution >= 0.6 is 0 Å². The van der Waals surface area contributed by atoms with Crippen molar-refractivity contribution in [1.29, 1.82) is 0 Å². The Morgan fingerprint density at radius 3 is 1.25 bits per heavy atom. The van der Waals surface area contributed by atoms with Crippen LogP contribution in [0.25, 0.3) is 5.73 Å². The minimum absolute atomic E-state index is 0. The van der Waals surface area contributed by atoms with Gasteiger partial charge in [-0.25, -0.2) is 0 Å². The average molecular weight is 199 g/mol. The fourth-order valence-corrected chi connectivity index (χ4v) is 0. The van der Waals surface area contributed by atoms with Crippen molar-refractivity contribution in [3.8, 4) is 0 Å². The van der Waals surface area contributed by atoms with Gasteiger partial charge in [-0.1, -0.05) is 0 Å². The Labute approximate surface area is 62.6 Å². The van der Waals surface area contributed by atoms with Gasteiger partial charge in [0.25, 0.3) is 0 Å². The number of rotatable bonds is 0. The third-order valence-corrected chi connectivity index (χ3v) is 0. The van der Waals surface area contributed by atoms with E-state index in [4.69, 9.17) is 5.73 Å². The predicted octanol–water partition coefficient (Wildman–Crippen LogP) is -0.250. The van der Waals surface area contributed by atoms with Gasteiger partial charge in [0.05, 0.1) is 0 Å². The van der Waals surface area contributed by atoms with Crippen molar-refractivity contribution in [2.45, 2.75) is 0 Å². The summed E-state index contributed by atoms with van der Waals surface area (Å²) in [5.74, 6) is 0. The first kappa shape index (κ1) is 17.4. The molecule has 0 aliphatic rings. The van der Waals surface area contributed by atoms with E-state index in [9.17, 15) is 0 Å². The molecule has 1 nitrogen and oxygen atoms in total. The normalized spacial score (nSPS) is 1.50. The summed E-state index contributed by atoms with van der Waals surface area (Å²) in [6.45, 7) is 0. The summed E-state index contributed by atoms with van der Waals surface area (Å²) in [6.07, 6.45) is 0. The molecule has 0 saturated heterocycles. The summed E-state index contributed by atoms with van der Waals surface area (Å²) >= 11 is 0. The average Bonchev–Trinajstić information content (AvgIpc) is 1.00. The van der Waals surface area contributed by atoms with Gasteiger partial charge in [-0.2, -0.15) is 7.05 Å². The van der Waals surface area contributed by atoms with Crippen LogP contribution in [0, 0.1) is 0 Å². The second-order valence-electron chi connectivity index (χ2n) is 0. The molecule has 4 heavy (non-hydrogen) atoms. The van der Waals surface area contributed by atoms with E-state index in [1.807, 2.05) is 0 Å². The number of nitrogens with one attached hydrogen (secondary N) is 1. The molecule has 0 atom stereocenters. The molecule has 1 N–H and O–H groups in total. The molecule has 0 spiro atoms. The Bertz CT molecular complexity index is 8.00. The van der Waals surface area contributed by atoms with Crippen molar-refractivity contribution in [1.82, 2.24) is 0 Å². The van der Waals surface area contributed by atoms with Gasteiger partial charge in [-0.3, -0.25) is 0 Å². The first-order valence-electron chi connectivity index (χ1n) is 0.500. The van der Waals surface area contributed by atoms with E-state index in [1.54, 1.807) is 0 Å². The molecule has 0 aliphatic carbocycles. The predicted molar refractivity (Wildman–Crippen MR) is 18.8 cm³/mol. The second kappa shape index (κ2) is 22.8. The van der Waals surface area contributed by atoms with E-state index in [0.29, 0.717) is 0 Å². The Hall–Kier alpha value is 1.65. The van der Waals surface area contributed by atoms with Crippen LogP contribution in [0.5, 0.6) is 0 Å². The standard InChI is InChI=1S/CH4N.Sb.Sc.2H/c1-2;;;;/h2H,1H3;;;;/q-1;;;;. The van der Waals surface area contributed by atoms with Crippen LogP contribution in [0.3, 0.4) is 0 Å². The zero-order valence-corrected chi connectivity index (χ0v) is 7.75. The molecular weight excluding hydrogens is 193 g/mol. The number of hydrogen-bond acceptors (Lipinski definition) is 0. The largest absolute Gasteiger partial charge is 0 e. The molecular formula is CH6NSbSc-. The van der Waals surface area contributed by atoms with E-state index in [1.165, 1.54) is 7.05 Å². The van der Waals surface area contributed by atoms with E-state index >= 15 is 0 Å². The molecule has 0 aromatic heterocycles. The monoisotopic (exact) mass is 198 g/mol.